The van der Waals surface area contributed by atoms with E-state index in [4.69, 9.17) is 16.7 Å². The van der Waals surface area contributed by atoms with E-state index in [2.05, 4.69) is 5.10 Å². The van der Waals surface area contributed by atoms with Gasteiger partial charge in [0, 0.05) is 18.8 Å². The number of amides is 1. The fraction of sp³-hybridized carbons (Fsp3) is 0.267. The second-order valence-electron chi connectivity index (χ2n) is 5.01. The predicted octanol–water partition coefficient (Wildman–Crippen LogP) is 2.46. The Balaban J connectivity index is 2.02. The number of fused-ring (bicyclic) bond motifs is 1. The van der Waals surface area contributed by atoms with Crippen molar-refractivity contribution >= 4 is 29.2 Å². The maximum absolute atomic E-state index is 12.8. The maximum atomic E-state index is 12.8. The molecule has 0 saturated heterocycles. The lowest BCUT2D eigenvalue weighted by molar-refractivity contribution is 0.0696. The molecule has 0 aliphatic carbocycles. The van der Waals surface area contributed by atoms with Gasteiger partial charge in [-0.3, -0.25) is 9.48 Å². The van der Waals surface area contributed by atoms with Crippen molar-refractivity contribution in [1.29, 1.82) is 0 Å². The number of rotatable bonds is 3. The zero-order valence-electron chi connectivity index (χ0n) is 11.9. The SMILES string of the molecule is CCn1ncc(Cl)c1C(=O)N1CCc2ccc(C(=O)O)cc21. The first-order valence-corrected chi connectivity index (χ1v) is 7.30. The van der Waals surface area contributed by atoms with Crippen LogP contribution in [-0.2, 0) is 13.0 Å². The number of carboxylic acid groups (broad SMARTS) is 1. The van der Waals surface area contributed by atoms with E-state index in [1.807, 2.05) is 6.92 Å². The lowest BCUT2D eigenvalue weighted by Gasteiger charge is -2.18. The molecule has 1 N–H and O–H groups in total. The molecule has 1 aromatic carbocycles. The standard InChI is InChI=1S/C15H14ClN3O3/c1-2-19-13(11(16)8-17-19)14(20)18-6-5-9-3-4-10(15(21)22)7-12(9)18/h3-4,7-8H,2,5-6H2,1H3,(H,21,22). The van der Waals surface area contributed by atoms with E-state index < -0.39 is 5.97 Å². The Morgan fingerprint density at radius 3 is 2.86 bits per heavy atom. The van der Waals surface area contributed by atoms with Crippen molar-refractivity contribution in [2.24, 2.45) is 0 Å². The highest BCUT2D eigenvalue weighted by molar-refractivity contribution is 6.34. The Bertz CT molecular complexity index is 769. The molecule has 3 rings (SSSR count). The van der Waals surface area contributed by atoms with Crippen molar-refractivity contribution < 1.29 is 14.7 Å². The molecule has 114 valence electrons. The molecule has 0 unspecified atom stereocenters. The van der Waals surface area contributed by atoms with E-state index in [1.165, 1.54) is 12.3 Å². The van der Waals surface area contributed by atoms with Gasteiger partial charge >= 0.3 is 5.97 Å². The van der Waals surface area contributed by atoms with Gasteiger partial charge in [-0.2, -0.15) is 5.10 Å². The molecule has 0 spiro atoms. The molecule has 22 heavy (non-hydrogen) atoms. The smallest absolute Gasteiger partial charge is 0.335 e. The molecule has 1 aromatic heterocycles. The van der Waals surface area contributed by atoms with Crippen molar-refractivity contribution in [2.45, 2.75) is 19.9 Å². The third-order valence-corrected chi connectivity index (χ3v) is 4.05. The van der Waals surface area contributed by atoms with Crippen LogP contribution >= 0.6 is 11.6 Å². The number of aromatic carboxylic acids is 1. The molecule has 2 heterocycles. The van der Waals surface area contributed by atoms with Crippen LogP contribution in [0.25, 0.3) is 0 Å². The van der Waals surface area contributed by atoms with Crippen LogP contribution in [0.15, 0.2) is 24.4 Å². The van der Waals surface area contributed by atoms with Gasteiger partial charge in [-0.1, -0.05) is 17.7 Å². The number of hydrogen-bond donors (Lipinski definition) is 1. The quantitative estimate of drug-likeness (QED) is 0.943. The Kier molecular flexibility index (Phi) is 3.62. The van der Waals surface area contributed by atoms with Crippen LogP contribution in [0, 0.1) is 0 Å². The van der Waals surface area contributed by atoms with E-state index >= 15 is 0 Å². The number of anilines is 1. The van der Waals surface area contributed by atoms with E-state index in [1.54, 1.807) is 21.7 Å². The summed E-state index contributed by atoms with van der Waals surface area (Å²) < 4.78 is 1.55. The minimum absolute atomic E-state index is 0.161. The normalized spacial score (nSPS) is 13.3. The van der Waals surface area contributed by atoms with Gasteiger partial charge in [-0.15, -0.1) is 0 Å². The number of aromatic nitrogens is 2. The van der Waals surface area contributed by atoms with Crippen molar-refractivity contribution in [3.63, 3.8) is 0 Å². The second-order valence-corrected chi connectivity index (χ2v) is 5.42. The minimum Gasteiger partial charge on any atom is -0.478 e. The molecule has 7 heteroatoms. The molecular formula is C15H14ClN3O3. The lowest BCUT2D eigenvalue weighted by Crippen LogP contribution is -2.31. The largest absolute Gasteiger partial charge is 0.478 e. The number of carbonyl (C=O) groups is 2. The number of halogens is 1. The average molecular weight is 320 g/mol. The molecule has 1 aliphatic heterocycles. The Morgan fingerprint density at radius 2 is 2.18 bits per heavy atom. The van der Waals surface area contributed by atoms with Gasteiger partial charge in [-0.05, 0) is 31.0 Å². The fourth-order valence-electron chi connectivity index (χ4n) is 2.67. The Hall–Kier alpha value is -2.34. The van der Waals surface area contributed by atoms with Crippen LogP contribution in [-0.4, -0.2) is 33.3 Å². The first-order valence-electron chi connectivity index (χ1n) is 6.92. The lowest BCUT2D eigenvalue weighted by atomic mass is 10.1. The molecule has 0 saturated carbocycles. The molecule has 1 amide bonds. The van der Waals surface area contributed by atoms with Crippen molar-refractivity contribution in [2.75, 3.05) is 11.4 Å². The van der Waals surface area contributed by atoms with Gasteiger partial charge in [-0.25, -0.2) is 4.79 Å². The highest BCUT2D eigenvalue weighted by atomic mass is 35.5. The third kappa shape index (κ3) is 2.25. The van der Waals surface area contributed by atoms with Gasteiger partial charge in [0.15, 0.2) is 0 Å². The summed E-state index contributed by atoms with van der Waals surface area (Å²) in [5.74, 6) is -1.27. The van der Waals surface area contributed by atoms with Gasteiger partial charge in [0.2, 0.25) is 0 Å². The van der Waals surface area contributed by atoms with E-state index in [9.17, 15) is 9.59 Å². The topological polar surface area (TPSA) is 75.4 Å². The number of aryl methyl sites for hydroxylation is 1. The van der Waals surface area contributed by atoms with Crippen LogP contribution in [0.5, 0.6) is 0 Å². The van der Waals surface area contributed by atoms with Gasteiger partial charge < -0.3 is 10.0 Å². The summed E-state index contributed by atoms with van der Waals surface area (Å²) in [4.78, 5) is 25.5. The van der Waals surface area contributed by atoms with E-state index in [-0.39, 0.29) is 11.5 Å². The van der Waals surface area contributed by atoms with Crippen LogP contribution in [0.1, 0.15) is 33.3 Å². The number of nitrogens with zero attached hydrogens (tertiary/aromatic N) is 3. The predicted molar refractivity (Wildman–Crippen MR) is 81.7 cm³/mol. The molecule has 6 nitrogen and oxygen atoms in total. The van der Waals surface area contributed by atoms with Crippen LogP contribution < -0.4 is 4.90 Å². The van der Waals surface area contributed by atoms with Crippen LogP contribution in [0.2, 0.25) is 5.02 Å². The maximum Gasteiger partial charge on any atom is 0.335 e. The van der Waals surface area contributed by atoms with Crippen molar-refractivity contribution in [1.82, 2.24) is 9.78 Å². The Labute approximate surface area is 131 Å². The molecule has 1 aliphatic rings. The highest BCUT2D eigenvalue weighted by Crippen LogP contribution is 2.31. The third-order valence-electron chi connectivity index (χ3n) is 3.77. The summed E-state index contributed by atoms with van der Waals surface area (Å²) in [6.07, 6.45) is 2.14. The average Bonchev–Trinajstić information content (AvgIpc) is 3.09. The molecule has 0 fully saturated rings. The van der Waals surface area contributed by atoms with Gasteiger partial charge in [0.25, 0.3) is 5.91 Å². The summed E-state index contributed by atoms with van der Waals surface area (Å²) >= 11 is 6.08. The first-order chi connectivity index (χ1) is 10.5. The summed E-state index contributed by atoms with van der Waals surface area (Å²) in [5, 5.41) is 13.5. The number of carboxylic acids is 1. The monoisotopic (exact) mass is 319 g/mol. The van der Waals surface area contributed by atoms with Gasteiger partial charge in [0.1, 0.15) is 5.69 Å². The summed E-state index contributed by atoms with van der Waals surface area (Å²) in [6.45, 7) is 2.91. The first kappa shape index (κ1) is 14.6. The summed E-state index contributed by atoms with van der Waals surface area (Å²) in [5.41, 5.74) is 2.08. The molecule has 2 aromatic rings. The number of hydrogen-bond acceptors (Lipinski definition) is 3. The van der Waals surface area contributed by atoms with E-state index in [0.717, 1.165) is 5.56 Å². The van der Waals surface area contributed by atoms with Gasteiger partial charge in [0.05, 0.1) is 16.8 Å². The highest BCUT2D eigenvalue weighted by Gasteiger charge is 2.30. The zero-order chi connectivity index (χ0) is 15.9. The summed E-state index contributed by atoms with van der Waals surface area (Å²) in [7, 11) is 0. The van der Waals surface area contributed by atoms with Crippen molar-refractivity contribution in [3.05, 3.63) is 46.2 Å². The fourth-order valence-corrected chi connectivity index (χ4v) is 2.89. The molecule has 0 atom stereocenters. The van der Waals surface area contributed by atoms with Crippen molar-refractivity contribution in [3.8, 4) is 0 Å². The zero-order valence-corrected chi connectivity index (χ0v) is 12.7. The van der Waals surface area contributed by atoms with E-state index in [0.29, 0.717) is 35.9 Å². The molecular weight excluding hydrogens is 306 g/mol. The van der Waals surface area contributed by atoms with Crippen LogP contribution in [0.3, 0.4) is 0 Å². The molecule has 0 radical (unpaired) electrons. The summed E-state index contributed by atoms with van der Waals surface area (Å²) in [6, 6.07) is 4.84. The number of benzene rings is 1. The molecule has 0 bridgehead atoms. The Morgan fingerprint density at radius 1 is 1.41 bits per heavy atom. The second kappa shape index (κ2) is 5.46. The minimum atomic E-state index is -1.02. The number of carbonyl (C=O) groups excluding carboxylic acids is 1. The van der Waals surface area contributed by atoms with Crippen LogP contribution in [0.4, 0.5) is 5.69 Å².